The first-order chi connectivity index (χ1) is 8.20. The van der Waals surface area contributed by atoms with Crippen molar-refractivity contribution < 1.29 is 14.2 Å². The van der Waals surface area contributed by atoms with E-state index in [-0.39, 0.29) is 24.2 Å². The molecule has 0 saturated heterocycles. The summed E-state index contributed by atoms with van der Waals surface area (Å²) in [6, 6.07) is 1.46. The van der Waals surface area contributed by atoms with Gasteiger partial charge in [0.05, 0.1) is 6.61 Å². The molecule has 2 rings (SSSR count). The Balaban J connectivity index is 2.03. The average Bonchev–Trinajstić information content (AvgIpc) is 2.35. The van der Waals surface area contributed by atoms with Crippen LogP contribution in [0.4, 0.5) is 4.39 Å². The summed E-state index contributed by atoms with van der Waals surface area (Å²) in [7, 11) is 0. The van der Waals surface area contributed by atoms with E-state index in [1.165, 1.54) is 12.3 Å². The molecule has 0 bridgehead atoms. The molecule has 0 radical (unpaired) electrons. The molecule has 0 spiro atoms. The van der Waals surface area contributed by atoms with Crippen molar-refractivity contribution in [1.29, 1.82) is 0 Å². The maximum absolute atomic E-state index is 13.8. The number of hydrogen-bond donors (Lipinski definition) is 1. The fourth-order valence-electron chi connectivity index (χ4n) is 2.17. The third kappa shape index (κ3) is 2.94. The highest BCUT2D eigenvalue weighted by Crippen LogP contribution is 2.28. The van der Waals surface area contributed by atoms with Gasteiger partial charge in [-0.05, 0) is 37.7 Å². The lowest BCUT2D eigenvalue weighted by Gasteiger charge is -2.26. The molecule has 1 N–H and O–H groups in total. The molecule has 94 valence electrons. The molecule has 0 atom stereocenters. The monoisotopic (exact) mass is 239 g/mol. The third-order valence-corrected chi connectivity index (χ3v) is 3.35. The molecule has 3 nitrogen and oxygen atoms in total. The minimum absolute atomic E-state index is 0.0242. The van der Waals surface area contributed by atoms with Crippen molar-refractivity contribution in [2.45, 2.75) is 45.3 Å². The highest BCUT2D eigenvalue weighted by Gasteiger charge is 2.21. The lowest BCUT2D eigenvalue weighted by atomic mass is 9.89. The Hall–Kier alpha value is -1.16. The van der Waals surface area contributed by atoms with Crippen LogP contribution in [-0.4, -0.2) is 16.2 Å². The zero-order valence-electron chi connectivity index (χ0n) is 10.0. The maximum Gasteiger partial charge on any atom is 0.251 e. The molecule has 17 heavy (non-hydrogen) atoms. The van der Waals surface area contributed by atoms with Gasteiger partial charge < -0.3 is 9.84 Å². The number of aliphatic hydroxyl groups excluding tert-OH is 1. The van der Waals surface area contributed by atoms with E-state index in [1.807, 2.05) is 0 Å². The van der Waals surface area contributed by atoms with Crippen LogP contribution >= 0.6 is 0 Å². The van der Waals surface area contributed by atoms with E-state index in [0.717, 1.165) is 31.6 Å². The minimum atomic E-state index is -0.534. The van der Waals surface area contributed by atoms with Gasteiger partial charge >= 0.3 is 0 Å². The van der Waals surface area contributed by atoms with Gasteiger partial charge in [0.1, 0.15) is 6.10 Å². The van der Waals surface area contributed by atoms with Crippen LogP contribution in [0.15, 0.2) is 12.3 Å². The molecular formula is C13H18FNO2. The first-order valence-electron chi connectivity index (χ1n) is 6.11. The summed E-state index contributed by atoms with van der Waals surface area (Å²) in [5.74, 6) is 0.223. The second kappa shape index (κ2) is 5.45. The highest BCUT2D eigenvalue weighted by molar-refractivity contribution is 5.23. The van der Waals surface area contributed by atoms with Gasteiger partial charge in [-0.2, -0.15) is 0 Å². The lowest BCUT2D eigenvalue weighted by Crippen LogP contribution is -2.24. The zero-order chi connectivity index (χ0) is 12.3. The molecule has 1 aliphatic rings. The topological polar surface area (TPSA) is 42.4 Å². The number of nitrogens with zero attached hydrogens (tertiary/aromatic N) is 1. The first kappa shape index (κ1) is 12.3. The van der Waals surface area contributed by atoms with Gasteiger partial charge in [0.15, 0.2) is 5.82 Å². The summed E-state index contributed by atoms with van der Waals surface area (Å²) < 4.78 is 19.3. The molecule has 0 amide bonds. The quantitative estimate of drug-likeness (QED) is 0.881. The van der Waals surface area contributed by atoms with E-state index < -0.39 is 5.82 Å². The van der Waals surface area contributed by atoms with E-state index >= 15 is 0 Å². The summed E-state index contributed by atoms with van der Waals surface area (Å²) in [5.41, 5.74) is 0.235. The van der Waals surface area contributed by atoms with Gasteiger partial charge in [-0.1, -0.05) is 6.92 Å². The van der Waals surface area contributed by atoms with Gasteiger partial charge in [-0.15, -0.1) is 0 Å². The number of ether oxygens (including phenoxy) is 1. The highest BCUT2D eigenvalue weighted by atomic mass is 19.1. The Bertz CT molecular complexity index is 376. The number of aliphatic hydroxyl groups is 1. The second-order valence-electron chi connectivity index (χ2n) is 4.75. The van der Waals surface area contributed by atoms with E-state index in [0.29, 0.717) is 0 Å². The summed E-state index contributed by atoms with van der Waals surface area (Å²) in [6.07, 6.45) is 5.66. The number of rotatable bonds is 3. The fraction of sp³-hybridized carbons (Fsp3) is 0.615. The van der Waals surface area contributed by atoms with Crippen LogP contribution in [0, 0.1) is 11.7 Å². The van der Waals surface area contributed by atoms with Crippen LogP contribution in [0.5, 0.6) is 5.88 Å². The lowest BCUT2D eigenvalue weighted by molar-refractivity contribution is 0.123. The first-order valence-corrected chi connectivity index (χ1v) is 6.11. The van der Waals surface area contributed by atoms with Gasteiger partial charge in [0.2, 0.25) is 0 Å². The van der Waals surface area contributed by atoms with Crippen LogP contribution in [0.25, 0.3) is 0 Å². The van der Waals surface area contributed by atoms with Gasteiger partial charge in [-0.25, -0.2) is 9.37 Å². The maximum atomic E-state index is 13.8. The van der Waals surface area contributed by atoms with Crippen molar-refractivity contribution in [1.82, 2.24) is 4.98 Å². The molecular weight excluding hydrogens is 221 g/mol. The normalized spacial score (nSPS) is 24.6. The molecule has 4 heteroatoms. The molecule has 1 aromatic heterocycles. The van der Waals surface area contributed by atoms with Gasteiger partial charge in [0, 0.05) is 11.8 Å². The van der Waals surface area contributed by atoms with Gasteiger partial charge in [0.25, 0.3) is 5.88 Å². The molecule has 1 fully saturated rings. The van der Waals surface area contributed by atoms with Crippen LogP contribution in [0.1, 0.15) is 38.2 Å². The van der Waals surface area contributed by atoms with E-state index in [4.69, 9.17) is 9.84 Å². The summed E-state index contributed by atoms with van der Waals surface area (Å²) in [5, 5.41) is 8.96. The molecule has 1 heterocycles. The summed E-state index contributed by atoms with van der Waals surface area (Å²) >= 11 is 0. The summed E-state index contributed by atoms with van der Waals surface area (Å²) in [6.45, 7) is 1.90. The van der Waals surface area contributed by atoms with Crippen LogP contribution in [-0.2, 0) is 6.61 Å². The third-order valence-electron chi connectivity index (χ3n) is 3.35. The second-order valence-corrected chi connectivity index (χ2v) is 4.75. The number of aromatic nitrogens is 1. The molecule has 0 aromatic carbocycles. The van der Waals surface area contributed by atoms with Crippen LogP contribution in [0.3, 0.4) is 0 Å². The van der Waals surface area contributed by atoms with E-state index in [1.54, 1.807) is 0 Å². The standard InChI is InChI=1S/C13H18FNO2/c1-9-2-4-11(5-3-9)17-13-12(14)10(8-16)6-7-15-13/h6-7,9,11,16H,2-5,8H2,1H3. The van der Waals surface area contributed by atoms with Gasteiger partial charge in [-0.3, -0.25) is 0 Å². The van der Waals surface area contributed by atoms with Crippen molar-refractivity contribution in [2.24, 2.45) is 5.92 Å². The van der Waals surface area contributed by atoms with Crippen LogP contribution in [0.2, 0.25) is 0 Å². The SMILES string of the molecule is CC1CCC(Oc2nccc(CO)c2F)CC1. The Morgan fingerprint density at radius 3 is 2.76 bits per heavy atom. The molecule has 1 aliphatic carbocycles. The van der Waals surface area contributed by atoms with Crippen LogP contribution < -0.4 is 4.74 Å². The largest absolute Gasteiger partial charge is 0.472 e. The van der Waals surface area contributed by atoms with E-state index in [2.05, 4.69) is 11.9 Å². The Morgan fingerprint density at radius 2 is 2.12 bits per heavy atom. The smallest absolute Gasteiger partial charge is 0.251 e. The molecule has 0 unspecified atom stereocenters. The van der Waals surface area contributed by atoms with Crippen molar-refractivity contribution in [3.63, 3.8) is 0 Å². The van der Waals surface area contributed by atoms with Crippen molar-refractivity contribution in [3.8, 4) is 5.88 Å². The number of hydrogen-bond acceptors (Lipinski definition) is 3. The Morgan fingerprint density at radius 1 is 1.41 bits per heavy atom. The number of pyridine rings is 1. The Kier molecular flexibility index (Phi) is 3.94. The minimum Gasteiger partial charge on any atom is -0.472 e. The van der Waals surface area contributed by atoms with Crippen molar-refractivity contribution >= 4 is 0 Å². The predicted molar refractivity (Wildman–Crippen MR) is 62.2 cm³/mol. The number of halogens is 1. The summed E-state index contributed by atoms with van der Waals surface area (Å²) in [4.78, 5) is 3.89. The van der Waals surface area contributed by atoms with E-state index in [9.17, 15) is 4.39 Å². The molecule has 1 saturated carbocycles. The van der Waals surface area contributed by atoms with Crippen molar-refractivity contribution in [3.05, 3.63) is 23.6 Å². The molecule has 0 aliphatic heterocycles. The fourth-order valence-corrected chi connectivity index (χ4v) is 2.17. The molecule has 1 aromatic rings. The average molecular weight is 239 g/mol. The van der Waals surface area contributed by atoms with Crippen molar-refractivity contribution in [2.75, 3.05) is 0 Å². The predicted octanol–water partition coefficient (Wildman–Crippen LogP) is 2.67. The zero-order valence-corrected chi connectivity index (χ0v) is 10.0. The Labute approximate surface area is 101 Å².